The maximum Gasteiger partial charge on any atom is 0.317 e. The lowest BCUT2D eigenvalue weighted by atomic mass is 9.90. The number of unbranched alkanes of at least 4 members (excludes halogenated alkanes) is 12. The van der Waals surface area contributed by atoms with E-state index >= 15 is 0 Å². The Hall–Kier alpha value is -6.76. The monoisotopic (exact) mass is 1090 g/mol. The van der Waals surface area contributed by atoms with Crippen LogP contribution in [-0.4, -0.2) is 142 Å². The van der Waals surface area contributed by atoms with Gasteiger partial charge in [-0.1, -0.05) is 81.4 Å². The predicted octanol–water partition coefficient (Wildman–Crippen LogP) is 8.40. The number of carbonyl (C=O) groups is 5. The molecule has 432 valence electrons. The summed E-state index contributed by atoms with van der Waals surface area (Å²) in [7, 11) is 0. The molecule has 2 aromatic rings. The number of rotatable bonds is 39. The average Bonchev–Trinajstić information content (AvgIpc) is 3.61. The van der Waals surface area contributed by atoms with Crippen LogP contribution < -0.4 is 30.8 Å². The third-order valence-corrected chi connectivity index (χ3v) is 13.5. The number of carboxylic acids is 2. The van der Waals surface area contributed by atoms with Crippen LogP contribution in [0, 0.1) is 23.7 Å². The van der Waals surface area contributed by atoms with E-state index in [1.165, 1.54) is 4.90 Å². The smallest absolute Gasteiger partial charge is 0.317 e. The molecule has 0 spiro atoms. The van der Waals surface area contributed by atoms with E-state index in [1.807, 2.05) is 24.3 Å². The summed E-state index contributed by atoms with van der Waals surface area (Å²) in [6, 6.07) is 20.4. The number of hydrogen-bond acceptors (Lipinski definition) is 11. The van der Waals surface area contributed by atoms with Crippen LogP contribution in [0.3, 0.4) is 0 Å². The van der Waals surface area contributed by atoms with Crippen LogP contribution in [0.1, 0.15) is 141 Å². The van der Waals surface area contributed by atoms with Crippen molar-refractivity contribution in [3.8, 4) is 46.1 Å². The summed E-state index contributed by atoms with van der Waals surface area (Å²) in [6.07, 6.45) is 15.0. The van der Waals surface area contributed by atoms with Crippen molar-refractivity contribution in [2.75, 3.05) is 96.8 Å². The zero-order valence-electron chi connectivity index (χ0n) is 47.4. The van der Waals surface area contributed by atoms with E-state index in [-0.39, 0.29) is 56.0 Å². The van der Waals surface area contributed by atoms with Crippen LogP contribution in [0.2, 0.25) is 0 Å². The Kier molecular flexibility index (Phi) is 33.3. The molecule has 1 heterocycles. The lowest BCUT2D eigenvalue weighted by Gasteiger charge is -2.22. The molecule has 6 N–H and O–H groups in total. The average molecular weight is 1090 g/mol. The SMILES string of the molecule is CCN(CC)c1ccc2c(-c3ccccc3C(=O)NCCNC(=O)CCCCCCCCC#CC#CCCCCCCCCC(=O)NCCOCCOCCN(CC(=O)O)CC(=O)O)c3ccc(=[N+](CC)CC)cc-3oc2c1.[OH-]. The maximum atomic E-state index is 13.8. The molecule has 0 aromatic heterocycles. The molecule has 2 aromatic carbocycles. The second-order valence-corrected chi connectivity index (χ2v) is 19.3. The third kappa shape index (κ3) is 25.3. The van der Waals surface area contributed by atoms with Gasteiger partial charge in [-0.3, -0.25) is 28.9 Å². The van der Waals surface area contributed by atoms with Crippen molar-refractivity contribution in [1.29, 1.82) is 0 Å². The number of fused-ring (bicyclic) bond motifs is 2. The first-order chi connectivity index (χ1) is 38.0. The molecule has 79 heavy (non-hydrogen) atoms. The van der Waals surface area contributed by atoms with Gasteiger partial charge in [-0.05, 0) is 95.0 Å². The molecule has 3 amide bonds. The summed E-state index contributed by atoms with van der Waals surface area (Å²) < 4.78 is 19.8. The fraction of sp³-hybridized carbons (Fsp3) is 0.548. The van der Waals surface area contributed by atoms with E-state index in [0.29, 0.717) is 51.3 Å². The van der Waals surface area contributed by atoms with Crippen molar-refractivity contribution in [2.45, 2.75) is 130 Å². The molecule has 1 aliphatic carbocycles. The highest BCUT2D eigenvalue weighted by molar-refractivity contribution is 6.09. The van der Waals surface area contributed by atoms with Gasteiger partial charge in [0.15, 0.2) is 0 Å². The van der Waals surface area contributed by atoms with E-state index in [1.54, 1.807) is 0 Å². The molecule has 0 saturated carbocycles. The zero-order valence-corrected chi connectivity index (χ0v) is 47.4. The second-order valence-electron chi connectivity index (χ2n) is 19.3. The lowest BCUT2D eigenvalue weighted by molar-refractivity contribution is -0.142. The summed E-state index contributed by atoms with van der Waals surface area (Å²) in [4.78, 5) is 63.8. The van der Waals surface area contributed by atoms with Crippen LogP contribution in [0.4, 0.5) is 5.69 Å². The minimum absolute atomic E-state index is 0. The van der Waals surface area contributed by atoms with Crippen molar-refractivity contribution in [2.24, 2.45) is 0 Å². The Morgan fingerprint density at radius 1 is 0.608 bits per heavy atom. The van der Waals surface area contributed by atoms with E-state index in [0.717, 1.165) is 161 Å². The van der Waals surface area contributed by atoms with Gasteiger partial charge in [0.25, 0.3) is 5.91 Å². The number of nitrogens with one attached hydrogen (secondary N) is 3. The number of carboxylic acid groups (broad SMARTS) is 2. The molecule has 0 radical (unpaired) electrons. The topological polar surface area (TPSA) is 233 Å². The molecule has 17 heteroatoms. The largest absolute Gasteiger partial charge is 0.870 e. The number of ether oxygens (including phenoxy) is 2. The van der Waals surface area contributed by atoms with Gasteiger partial charge in [0.05, 0.1) is 45.6 Å². The maximum absolute atomic E-state index is 13.8. The normalized spacial score (nSPS) is 10.8. The molecule has 17 nitrogen and oxygen atoms in total. The first kappa shape index (κ1) is 66.5. The summed E-state index contributed by atoms with van der Waals surface area (Å²) >= 11 is 0. The molecular weight excluding hydrogens is 1000 g/mol. The number of aliphatic carboxylic acids is 2. The van der Waals surface area contributed by atoms with Crippen molar-refractivity contribution in [1.82, 2.24) is 25.4 Å². The van der Waals surface area contributed by atoms with E-state index in [2.05, 4.69) is 113 Å². The standard InChI is InChI=1S/C62H86N6O10.H2O/c1-5-67(6-2)49-33-35-53-55(45-49)78-56-46-50(68(7-3)8-4)34-36-54(56)61(53)51-29-27-28-30-52(51)62(75)65-38-37-63-57(69)31-25-23-21-19-17-15-13-11-9-10-12-14-16-18-20-22-24-26-32-58(70)64-39-41-76-43-44-77-42-40-66(47-59(71)72)48-60(73)74;/h27-30,33-36,45-46H,5-8,13-26,31-32,37-44,47-48H2,1-4H3,(H4-,63,64,65,69,70,71,72,73,74,75);1H2. The third-order valence-electron chi connectivity index (χ3n) is 13.5. The number of amides is 3. The molecular formula is C62H88N6O11. The number of hydrogen-bond donors (Lipinski definition) is 5. The Bertz CT molecular complexity index is 2640. The first-order valence-corrected chi connectivity index (χ1v) is 28.5. The minimum Gasteiger partial charge on any atom is -0.870 e. The van der Waals surface area contributed by atoms with Gasteiger partial charge in [0, 0.05) is 105 Å². The summed E-state index contributed by atoms with van der Waals surface area (Å²) in [5.74, 6) is 10.7. The van der Waals surface area contributed by atoms with E-state index in [9.17, 15) is 24.0 Å². The fourth-order valence-corrected chi connectivity index (χ4v) is 9.28. The highest BCUT2D eigenvalue weighted by atomic mass is 16.5. The predicted molar refractivity (Wildman–Crippen MR) is 311 cm³/mol. The van der Waals surface area contributed by atoms with Gasteiger partial charge in [-0.2, -0.15) is 0 Å². The van der Waals surface area contributed by atoms with Crippen molar-refractivity contribution in [3.05, 3.63) is 71.6 Å². The zero-order chi connectivity index (χ0) is 56.2. The number of nitrogens with zero attached hydrogens (tertiary/aromatic N) is 3. The Labute approximate surface area is 468 Å². The number of anilines is 1. The van der Waals surface area contributed by atoms with Gasteiger partial charge in [0.1, 0.15) is 24.4 Å². The minimum atomic E-state index is -1.10. The molecule has 0 unspecified atom stereocenters. The summed E-state index contributed by atoms with van der Waals surface area (Å²) in [5.41, 5.74) is 5.13. The van der Waals surface area contributed by atoms with E-state index < -0.39 is 11.9 Å². The van der Waals surface area contributed by atoms with Gasteiger partial charge in [-0.15, -0.1) is 0 Å². The molecule has 0 bridgehead atoms. The second kappa shape index (κ2) is 39.6. The van der Waals surface area contributed by atoms with E-state index in [4.69, 9.17) is 24.1 Å². The molecule has 1 aliphatic heterocycles. The molecule has 4 rings (SSSR count). The van der Waals surface area contributed by atoms with Crippen molar-refractivity contribution < 1.29 is 53.6 Å². The van der Waals surface area contributed by atoms with Crippen LogP contribution in [0.25, 0.3) is 33.4 Å². The fourth-order valence-electron chi connectivity index (χ4n) is 9.28. The first-order valence-electron chi connectivity index (χ1n) is 28.5. The van der Waals surface area contributed by atoms with Crippen molar-refractivity contribution in [3.63, 3.8) is 0 Å². The highest BCUT2D eigenvalue weighted by Gasteiger charge is 2.23. The Morgan fingerprint density at radius 3 is 1.76 bits per heavy atom. The molecule has 0 saturated heterocycles. The quantitative estimate of drug-likeness (QED) is 0.0122. The summed E-state index contributed by atoms with van der Waals surface area (Å²) in [5, 5.41) is 28.6. The Balaban J connectivity index is 0.0000164. The van der Waals surface area contributed by atoms with Crippen LogP contribution in [0.15, 0.2) is 65.1 Å². The van der Waals surface area contributed by atoms with Crippen LogP contribution >= 0.6 is 0 Å². The van der Waals surface area contributed by atoms with Gasteiger partial charge in [-0.25, -0.2) is 4.58 Å². The van der Waals surface area contributed by atoms with Crippen LogP contribution in [-0.2, 0) is 28.7 Å². The molecule has 0 atom stereocenters. The molecule has 0 fully saturated rings. The lowest BCUT2D eigenvalue weighted by Crippen LogP contribution is -2.37. The van der Waals surface area contributed by atoms with Gasteiger partial charge in [0.2, 0.25) is 17.2 Å². The van der Waals surface area contributed by atoms with Gasteiger partial charge < -0.3 is 50.4 Å². The van der Waals surface area contributed by atoms with Crippen molar-refractivity contribution >= 4 is 46.3 Å². The Morgan fingerprint density at radius 2 is 1.16 bits per heavy atom. The highest BCUT2D eigenvalue weighted by Crippen LogP contribution is 2.42. The number of benzene rings is 3. The van der Waals surface area contributed by atoms with Crippen LogP contribution in [0.5, 0.6) is 0 Å². The number of carbonyl (C=O) groups excluding carboxylic acids is 3. The van der Waals surface area contributed by atoms with Gasteiger partial charge >= 0.3 is 11.9 Å². The molecule has 2 aliphatic rings. The summed E-state index contributed by atoms with van der Waals surface area (Å²) in [6.45, 7) is 13.8.